The van der Waals surface area contributed by atoms with E-state index in [0.717, 1.165) is 18.4 Å². The van der Waals surface area contributed by atoms with Crippen LogP contribution in [-0.2, 0) is 9.53 Å². The Morgan fingerprint density at radius 2 is 2.07 bits per heavy atom. The molecule has 0 aliphatic carbocycles. The van der Waals surface area contributed by atoms with Gasteiger partial charge in [-0.2, -0.15) is 0 Å². The van der Waals surface area contributed by atoms with Crippen molar-refractivity contribution in [2.24, 2.45) is 5.92 Å². The van der Waals surface area contributed by atoms with E-state index in [-0.39, 0.29) is 5.97 Å². The van der Waals surface area contributed by atoms with Crippen molar-refractivity contribution >= 4 is 5.97 Å². The average Bonchev–Trinajstić information content (AvgIpc) is 2.25. The van der Waals surface area contributed by atoms with Crippen LogP contribution in [0.1, 0.15) is 47.0 Å². The fourth-order valence-corrected chi connectivity index (χ4v) is 0.968. The number of esters is 1. The molecule has 0 aromatic rings. The largest absolute Gasteiger partial charge is 0.435 e. The van der Waals surface area contributed by atoms with Crippen LogP contribution in [0.3, 0.4) is 0 Å². The third-order valence-electron chi connectivity index (χ3n) is 2.26. The second kappa shape index (κ2) is 8.27. The molecular weight excluding hydrogens is 188 g/mol. The fraction of sp³-hybridized carbons (Fsp3) is 0.615. The van der Waals surface area contributed by atoms with Gasteiger partial charge in [0.15, 0.2) is 0 Å². The summed E-state index contributed by atoms with van der Waals surface area (Å²) in [5, 5.41) is 0. The Labute approximate surface area is 93.0 Å². The maximum Gasteiger partial charge on any atom is 0.310 e. The number of ether oxygens (including phenoxy) is 1. The van der Waals surface area contributed by atoms with Crippen molar-refractivity contribution in [3.63, 3.8) is 0 Å². The van der Waals surface area contributed by atoms with Crippen molar-refractivity contribution < 1.29 is 9.53 Å². The van der Waals surface area contributed by atoms with E-state index in [1.165, 1.54) is 0 Å². The molecule has 0 saturated heterocycles. The second-order valence-electron chi connectivity index (χ2n) is 3.71. The Bertz CT molecular complexity index is 239. The zero-order chi connectivity index (χ0) is 11.7. The number of hydrogen-bond donors (Lipinski definition) is 0. The van der Waals surface area contributed by atoms with Crippen molar-refractivity contribution in [1.82, 2.24) is 0 Å². The summed E-state index contributed by atoms with van der Waals surface area (Å²) in [4.78, 5) is 10.9. The van der Waals surface area contributed by atoms with Crippen molar-refractivity contribution in [3.05, 3.63) is 24.0 Å². The van der Waals surface area contributed by atoms with Gasteiger partial charge in [-0.3, -0.25) is 4.79 Å². The molecule has 86 valence electrons. The molecule has 0 aromatic heterocycles. The number of rotatable bonds is 6. The van der Waals surface area contributed by atoms with Crippen LogP contribution in [0.25, 0.3) is 0 Å². The van der Waals surface area contributed by atoms with Crippen LogP contribution < -0.4 is 0 Å². The van der Waals surface area contributed by atoms with Gasteiger partial charge in [-0.05, 0) is 24.8 Å². The zero-order valence-electron chi connectivity index (χ0n) is 10.2. The van der Waals surface area contributed by atoms with Crippen LogP contribution >= 0.6 is 0 Å². The molecule has 0 N–H and O–H groups in total. The molecule has 0 bridgehead atoms. The molecule has 0 radical (unpaired) electrons. The molecule has 0 aliphatic heterocycles. The third kappa shape index (κ3) is 6.95. The first-order chi connectivity index (χ1) is 7.11. The van der Waals surface area contributed by atoms with Crippen LogP contribution in [-0.4, -0.2) is 5.97 Å². The van der Waals surface area contributed by atoms with Gasteiger partial charge in [-0.25, -0.2) is 0 Å². The van der Waals surface area contributed by atoms with Gasteiger partial charge in [0.2, 0.25) is 0 Å². The summed E-state index contributed by atoms with van der Waals surface area (Å²) >= 11 is 0. The minimum Gasteiger partial charge on any atom is -0.435 e. The van der Waals surface area contributed by atoms with Gasteiger partial charge in [0.25, 0.3) is 0 Å². The summed E-state index contributed by atoms with van der Waals surface area (Å²) in [6.07, 6.45) is 8.57. The lowest BCUT2D eigenvalue weighted by Gasteiger charge is -2.06. The normalized spacial score (nSPS) is 14.3. The summed E-state index contributed by atoms with van der Waals surface area (Å²) in [7, 11) is 0. The Morgan fingerprint density at radius 1 is 1.40 bits per heavy atom. The van der Waals surface area contributed by atoms with Crippen LogP contribution in [0.4, 0.5) is 0 Å². The van der Waals surface area contributed by atoms with Crippen LogP contribution in [0.5, 0.6) is 0 Å². The van der Waals surface area contributed by atoms with E-state index in [4.69, 9.17) is 4.74 Å². The molecule has 0 rings (SSSR count). The molecule has 15 heavy (non-hydrogen) atoms. The Balaban J connectivity index is 4.06. The highest BCUT2D eigenvalue weighted by Crippen LogP contribution is 2.12. The molecule has 0 aliphatic rings. The summed E-state index contributed by atoms with van der Waals surface area (Å²) < 4.78 is 4.95. The zero-order valence-corrected chi connectivity index (χ0v) is 10.2. The maximum atomic E-state index is 10.9. The summed E-state index contributed by atoms with van der Waals surface area (Å²) in [5.74, 6) is 0.153. The number of allylic oxidation sites excluding steroid dienone is 3. The summed E-state index contributed by atoms with van der Waals surface area (Å²) in [6, 6.07) is 0. The lowest BCUT2D eigenvalue weighted by atomic mass is 10.0. The van der Waals surface area contributed by atoms with Gasteiger partial charge in [0.1, 0.15) is 0 Å². The molecule has 0 heterocycles. The lowest BCUT2D eigenvalue weighted by Crippen LogP contribution is -1.99. The van der Waals surface area contributed by atoms with Crippen molar-refractivity contribution in [3.8, 4) is 0 Å². The van der Waals surface area contributed by atoms with E-state index in [1.54, 1.807) is 13.2 Å². The average molecular weight is 210 g/mol. The Hall–Kier alpha value is -1.05. The molecular formula is C13H22O2. The van der Waals surface area contributed by atoms with Crippen LogP contribution in [0, 0.1) is 5.92 Å². The van der Waals surface area contributed by atoms with Gasteiger partial charge in [-0.15, -0.1) is 0 Å². The van der Waals surface area contributed by atoms with E-state index < -0.39 is 0 Å². The molecule has 0 saturated carbocycles. The highest BCUT2D eigenvalue weighted by Gasteiger charge is 2.01. The van der Waals surface area contributed by atoms with Gasteiger partial charge in [0, 0.05) is 6.42 Å². The van der Waals surface area contributed by atoms with Crippen LogP contribution in [0.2, 0.25) is 0 Å². The SMILES string of the molecule is CCC/C=C/C(C)/C(C)=C/OC(=O)CC. The standard InChI is InChI=1S/C13H22O2/c1-5-7-8-9-11(3)12(4)10-15-13(14)6-2/h8-11H,5-7H2,1-4H3/b9-8+,12-10+. The Morgan fingerprint density at radius 3 is 2.60 bits per heavy atom. The number of carbonyl (C=O) groups excluding carboxylic acids is 1. The van der Waals surface area contributed by atoms with Gasteiger partial charge >= 0.3 is 5.97 Å². The van der Waals surface area contributed by atoms with E-state index >= 15 is 0 Å². The third-order valence-corrected chi connectivity index (χ3v) is 2.26. The molecule has 1 atom stereocenters. The topological polar surface area (TPSA) is 26.3 Å². The predicted molar refractivity (Wildman–Crippen MR) is 63.4 cm³/mol. The lowest BCUT2D eigenvalue weighted by molar-refractivity contribution is -0.137. The van der Waals surface area contributed by atoms with Crippen LogP contribution in [0.15, 0.2) is 24.0 Å². The van der Waals surface area contributed by atoms with Gasteiger partial charge < -0.3 is 4.74 Å². The first-order valence-corrected chi connectivity index (χ1v) is 5.64. The van der Waals surface area contributed by atoms with Gasteiger partial charge in [-0.1, -0.05) is 39.3 Å². The first kappa shape index (κ1) is 13.9. The highest BCUT2D eigenvalue weighted by atomic mass is 16.5. The predicted octanol–water partition coefficient (Wildman–Crippen LogP) is 3.84. The van der Waals surface area contributed by atoms with E-state index in [0.29, 0.717) is 12.3 Å². The number of unbranched alkanes of at least 4 members (excludes halogenated alkanes) is 1. The molecule has 2 nitrogen and oxygen atoms in total. The van der Waals surface area contributed by atoms with Gasteiger partial charge in [0.05, 0.1) is 6.26 Å². The molecule has 0 amide bonds. The fourth-order valence-electron chi connectivity index (χ4n) is 0.968. The van der Waals surface area contributed by atoms with E-state index in [1.807, 2.05) is 6.92 Å². The maximum absolute atomic E-state index is 10.9. The quantitative estimate of drug-likeness (QED) is 0.378. The molecule has 0 fully saturated rings. The summed E-state index contributed by atoms with van der Waals surface area (Å²) in [5.41, 5.74) is 1.07. The smallest absolute Gasteiger partial charge is 0.310 e. The number of carbonyl (C=O) groups is 1. The van der Waals surface area contributed by atoms with Crippen molar-refractivity contribution in [2.45, 2.75) is 47.0 Å². The van der Waals surface area contributed by atoms with E-state index in [2.05, 4.69) is 26.0 Å². The van der Waals surface area contributed by atoms with Crippen molar-refractivity contribution in [1.29, 1.82) is 0 Å². The minimum absolute atomic E-state index is 0.181. The minimum atomic E-state index is -0.181. The van der Waals surface area contributed by atoms with Crippen molar-refractivity contribution in [2.75, 3.05) is 0 Å². The molecule has 0 spiro atoms. The monoisotopic (exact) mass is 210 g/mol. The highest BCUT2D eigenvalue weighted by molar-refractivity contribution is 5.69. The first-order valence-electron chi connectivity index (χ1n) is 5.64. The summed E-state index contributed by atoms with van der Waals surface area (Å²) in [6.45, 7) is 8.01. The number of hydrogen-bond acceptors (Lipinski definition) is 2. The second-order valence-corrected chi connectivity index (χ2v) is 3.71. The van der Waals surface area contributed by atoms with E-state index in [9.17, 15) is 4.79 Å². The Kier molecular flexibility index (Phi) is 7.69. The molecule has 0 aromatic carbocycles. The molecule has 2 heteroatoms. The molecule has 1 unspecified atom stereocenters.